The van der Waals surface area contributed by atoms with Crippen molar-refractivity contribution in [2.45, 2.75) is 38.3 Å². The average molecular weight is 279 g/mol. The minimum atomic E-state index is -0.826. The smallest absolute Gasteiger partial charge is 0.323 e. The van der Waals surface area contributed by atoms with Crippen molar-refractivity contribution >= 4 is 5.97 Å². The number of rotatable bonds is 4. The number of carbonyl (C=O) groups is 1. The topological polar surface area (TPSA) is 70.0 Å². The zero-order chi connectivity index (χ0) is 14.8. The number of methoxy groups -OCH3 is 1. The zero-order valence-electron chi connectivity index (χ0n) is 11.9. The summed E-state index contributed by atoms with van der Waals surface area (Å²) in [6, 6.07) is 5.19. The summed E-state index contributed by atoms with van der Waals surface area (Å²) in [4.78, 5) is 13.5. The summed E-state index contributed by atoms with van der Waals surface area (Å²) in [5, 5.41) is 19.3. The minimum absolute atomic E-state index is 0.0824. The summed E-state index contributed by atoms with van der Waals surface area (Å²) in [6.07, 6.45) is 2.60. The van der Waals surface area contributed by atoms with E-state index in [1.165, 1.54) is 7.11 Å². The van der Waals surface area contributed by atoms with Gasteiger partial charge in [0.25, 0.3) is 0 Å². The van der Waals surface area contributed by atoms with Crippen LogP contribution in [0, 0.1) is 0 Å². The van der Waals surface area contributed by atoms with Crippen LogP contribution in [-0.4, -0.2) is 40.3 Å². The third-order valence-corrected chi connectivity index (χ3v) is 4.12. The normalized spacial score (nSPS) is 23.5. The van der Waals surface area contributed by atoms with Crippen LogP contribution >= 0.6 is 0 Å². The molecule has 1 aliphatic heterocycles. The quantitative estimate of drug-likeness (QED) is 0.884. The summed E-state index contributed by atoms with van der Waals surface area (Å²) in [6.45, 7) is 3.05. The monoisotopic (exact) mass is 279 g/mol. The number of phenols is 1. The van der Waals surface area contributed by atoms with Crippen molar-refractivity contribution in [2.24, 2.45) is 0 Å². The van der Waals surface area contributed by atoms with Gasteiger partial charge in [0.1, 0.15) is 5.54 Å². The number of benzene rings is 1. The Kier molecular flexibility index (Phi) is 4.18. The Balaban J connectivity index is 2.19. The second kappa shape index (κ2) is 5.71. The average Bonchev–Trinajstić information content (AvgIpc) is 2.41. The van der Waals surface area contributed by atoms with Gasteiger partial charge in [-0.25, -0.2) is 0 Å². The molecule has 1 heterocycles. The van der Waals surface area contributed by atoms with Crippen LogP contribution in [0.25, 0.3) is 0 Å². The molecule has 0 radical (unpaired) electrons. The van der Waals surface area contributed by atoms with Gasteiger partial charge in [0.2, 0.25) is 0 Å². The maximum Gasteiger partial charge on any atom is 0.323 e. The Morgan fingerprint density at radius 3 is 2.80 bits per heavy atom. The summed E-state index contributed by atoms with van der Waals surface area (Å²) >= 11 is 0. The van der Waals surface area contributed by atoms with Gasteiger partial charge in [-0.1, -0.05) is 6.07 Å². The number of hydrogen-bond acceptors (Lipinski definition) is 4. The van der Waals surface area contributed by atoms with Crippen LogP contribution in [0.1, 0.15) is 31.7 Å². The maximum absolute atomic E-state index is 11.5. The second-order valence-electron chi connectivity index (χ2n) is 5.46. The van der Waals surface area contributed by atoms with E-state index in [4.69, 9.17) is 4.74 Å². The lowest BCUT2D eigenvalue weighted by Crippen LogP contribution is -2.54. The first-order valence-electron chi connectivity index (χ1n) is 6.81. The van der Waals surface area contributed by atoms with Gasteiger partial charge >= 0.3 is 5.97 Å². The van der Waals surface area contributed by atoms with E-state index in [0.717, 1.165) is 24.9 Å². The second-order valence-corrected chi connectivity index (χ2v) is 5.46. The molecule has 2 rings (SSSR count). The fourth-order valence-corrected chi connectivity index (χ4v) is 2.73. The van der Waals surface area contributed by atoms with Gasteiger partial charge in [-0.2, -0.15) is 0 Å². The highest BCUT2D eigenvalue weighted by molar-refractivity contribution is 5.78. The van der Waals surface area contributed by atoms with Gasteiger partial charge in [0.15, 0.2) is 11.5 Å². The number of nitrogens with zero attached hydrogens (tertiary/aromatic N) is 1. The van der Waals surface area contributed by atoms with Crippen LogP contribution in [-0.2, 0) is 11.3 Å². The largest absolute Gasteiger partial charge is 0.504 e. The predicted molar refractivity (Wildman–Crippen MR) is 75.0 cm³/mol. The summed E-state index contributed by atoms with van der Waals surface area (Å²) in [7, 11) is 1.50. The predicted octanol–water partition coefficient (Wildman–Crippen LogP) is 2.23. The van der Waals surface area contributed by atoms with E-state index in [9.17, 15) is 15.0 Å². The van der Waals surface area contributed by atoms with Crippen molar-refractivity contribution in [2.75, 3.05) is 13.7 Å². The van der Waals surface area contributed by atoms with Gasteiger partial charge in [-0.15, -0.1) is 0 Å². The number of ether oxygens (including phenoxy) is 1. The highest BCUT2D eigenvalue weighted by atomic mass is 16.5. The van der Waals surface area contributed by atoms with Crippen LogP contribution < -0.4 is 4.74 Å². The number of carboxylic acid groups (broad SMARTS) is 1. The molecule has 1 saturated heterocycles. The third kappa shape index (κ3) is 2.72. The molecule has 1 aromatic carbocycles. The van der Waals surface area contributed by atoms with Crippen LogP contribution in [0.2, 0.25) is 0 Å². The summed E-state index contributed by atoms with van der Waals surface area (Å²) < 4.78 is 5.01. The molecule has 1 atom stereocenters. The van der Waals surface area contributed by atoms with Crippen molar-refractivity contribution < 1.29 is 19.7 Å². The lowest BCUT2D eigenvalue weighted by Gasteiger charge is -2.41. The first kappa shape index (κ1) is 14.7. The Hall–Kier alpha value is -1.75. The molecular formula is C15H21NO4. The Labute approximate surface area is 118 Å². The SMILES string of the molecule is COc1ccc(CN2CCCCC2(C)C(=O)O)cc1O. The standard InChI is InChI=1S/C15H21NO4/c1-15(14(18)19)7-3-4-8-16(15)10-11-5-6-13(20-2)12(17)9-11/h5-6,9,17H,3-4,7-8,10H2,1-2H3,(H,18,19). The molecule has 20 heavy (non-hydrogen) atoms. The van der Waals surface area contributed by atoms with Gasteiger partial charge in [0, 0.05) is 6.54 Å². The van der Waals surface area contributed by atoms with Crippen molar-refractivity contribution in [1.29, 1.82) is 0 Å². The molecule has 0 saturated carbocycles. The number of phenolic OH excluding ortho intramolecular Hbond substituents is 1. The summed E-state index contributed by atoms with van der Waals surface area (Å²) in [5.74, 6) is -0.276. The first-order valence-corrected chi connectivity index (χ1v) is 6.81. The van der Waals surface area contributed by atoms with E-state index in [2.05, 4.69) is 0 Å². The number of aromatic hydroxyl groups is 1. The molecule has 2 N–H and O–H groups in total. The molecule has 0 aliphatic carbocycles. The lowest BCUT2D eigenvalue weighted by atomic mass is 9.88. The van der Waals surface area contributed by atoms with E-state index in [1.54, 1.807) is 19.1 Å². The molecule has 0 bridgehead atoms. The van der Waals surface area contributed by atoms with Crippen molar-refractivity contribution in [3.8, 4) is 11.5 Å². The molecule has 1 aromatic rings. The molecule has 0 spiro atoms. The minimum Gasteiger partial charge on any atom is -0.504 e. The van der Waals surface area contributed by atoms with Gasteiger partial charge in [-0.05, 0) is 50.4 Å². The molecule has 0 aromatic heterocycles. The fraction of sp³-hybridized carbons (Fsp3) is 0.533. The lowest BCUT2D eigenvalue weighted by molar-refractivity contribution is -0.153. The highest BCUT2D eigenvalue weighted by Crippen LogP contribution is 2.32. The van der Waals surface area contributed by atoms with Gasteiger partial charge in [0.05, 0.1) is 7.11 Å². The van der Waals surface area contributed by atoms with E-state index in [-0.39, 0.29) is 5.75 Å². The maximum atomic E-state index is 11.5. The molecular weight excluding hydrogens is 258 g/mol. The third-order valence-electron chi connectivity index (χ3n) is 4.12. The summed E-state index contributed by atoms with van der Waals surface area (Å²) in [5.41, 5.74) is 0.0611. The van der Waals surface area contributed by atoms with Crippen LogP contribution in [0.15, 0.2) is 18.2 Å². The molecule has 5 heteroatoms. The molecule has 110 valence electrons. The van der Waals surface area contributed by atoms with E-state index in [0.29, 0.717) is 18.7 Å². The number of carboxylic acids is 1. The Morgan fingerprint density at radius 1 is 1.45 bits per heavy atom. The first-order chi connectivity index (χ1) is 9.47. The van der Waals surface area contributed by atoms with Crippen molar-refractivity contribution in [3.05, 3.63) is 23.8 Å². The zero-order valence-corrected chi connectivity index (χ0v) is 11.9. The number of hydrogen-bond donors (Lipinski definition) is 2. The van der Waals surface area contributed by atoms with E-state index in [1.807, 2.05) is 11.0 Å². The van der Waals surface area contributed by atoms with Crippen LogP contribution in [0.5, 0.6) is 11.5 Å². The van der Waals surface area contributed by atoms with Crippen molar-refractivity contribution in [1.82, 2.24) is 4.90 Å². The molecule has 5 nitrogen and oxygen atoms in total. The number of aliphatic carboxylic acids is 1. The molecule has 1 aliphatic rings. The number of likely N-dealkylation sites (tertiary alicyclic amines) is 1. The van der Waals surface area contributed by atoms with E-state index >= 15 is 0 Å². The highest BCUT2D eigenvalue weighted by Gasteiger charge is 2.41. The van der Waals surface area contributed by atoms with E-state index < -0.39 is 11.5 Å². The Bertz CT molecular complexity index is 503. The van der Waals surface area contributed by atoms with Crippen LogP contribution in [0.3, 0.4) is 0 Å². The van der Waals surface area contributed by atoms with Gasteiger partial charge < -0.3 is 14.9 Å². The molecule has 1 unspecified atom stereocenters. The Morgan fingerprint density at radius 2 is 2.20 bits per heavy atom. The van der Waals surface area contributed by atoms with Crippen molar-refractivity contribution in [3.63, 3.8) is 0 Å². The fourth-order valence-electron chi connectivity index (χ4n) is 2.73. The molecule has 1 fully saturated rings. The number of piperidine rings is 1. The van der Waals surface area contributed by atoms with Gasteiger partial charge in [-0.3, -0.25) is 9.69 Å². The molecule has 0 amide bonds. The van der Waals surface area contributed by atoms with Crippen LogP contribution in [0.4, 0.5) is 0 Å².